The zero-order chi connectivity index (χ0) is 10.6. The summed E-state index contributed by atoms with van der Waals surface area (Å²) in [5.74, 6) is 0.398. The molecule has 1 heterocycles. The molecule has 4 heteroatoms. The van der Waals surface area contributed by atoms with Crippen molar-refractivity contribution in [3.8, 4) is 0 Å². The maximum Gasteiger partial charge on any atom is 0.236 e. The van der Waals surface area contributed by atoms with Crippen LogP contribution in [0.5, 0.6) is 0 Å². The molecule has 0 bridgehead atoms. The molecule has 14 heavy (non-hydrogen) atoms. The molecule has 1 aliphatic heterocycles. The van der Waals surface area contributed by atoms with Crippen LogP contribution in [0.15, 0.2) is 0 Å². The Morgan fingerprint density at radius 2 is 2.43 bits per heavy atom. The first-order valence-electron chi connectivity index (χ1n) is 5.30. The summed E-state index contributed by atoms with van der Waals surface area (Å²) in [4.78, 5) is 11.4. The van der Waals surface area contributed by atoms with E-state index in [0.717, 1.165) is 13.0 Å². The maximum atomic E-state index is 11.4. The van der Waals surface area contributed by atoms with Crippen LogP contribution in [0.25, 0.3) is 0 Å². The Hall–Kier alpha value is -0.610. The minimum absolute atomic E-state index is 0.0494. The second kappa shape index (κ2) is 5.32. The van der Waals surface area contributed by atoms with Crippen molar-refractivity contribution in [3.63, 3.8) is 0 Å². The summed E-state index contributed by atoms with van der Waals surface area (Å²) in [7, 11) is 0. The maximum absolute atomic E-state index is 11.4. The second-order valence-electron chi connectivity index (χ2n) is 3.88. The number of hydrogen-bond donors (Lipinski definition) is 2. The summed E-state index contributed by atoms with van der Waals surface area (Å²) in [6.07, 6.45) is 1.97. The van der Waals surface area contributed by atoms with Crippen LogP contribution in [0.3, 0.4) is 0 Å². The van der Waals surface area contributed by atoms with E-state index in [2.05, 4.69) is 5.32 Å². The van der Waals surface area contributed by atoms with Crippen molar-refractivity contribution in [3.05, 3.63) is 0 Å². The molecule has 3 N–H and O–H groups in total. The fourth-order valence-corrected chi connectivity index (χ4v) is 1.59. The van der Waals surface area contributed by atoms with Gasteiger partial charge < -0.3 is 15.8 Å². The minimum Gasteiger partial charge on any atom is -0.378 e. The molecule has 0 aliphatic carbocycles. The van der Waals surface area contributed by atoms with E-state index in [4.69, 9.17) is 10.5 Å². The largest absolute Gasteiger partial charge is 0.378 e. The molecule has 0 aromatic heterocycles. The van der Waals surface area contributed by atoms with E-state index in [1.807, 2.05) is 13.8 Å². The van der Waals surface area contributed by atoms with Gasteiger partial charge in [0.1, 0.15) is 0 Å². The fourth-order valence-electron chi connectivity index (χ4n) is 1.59. The molecule has 82 valence electrons. The van der Waals surface area contributed by atoms with Crippen molar-refractivity contribution < 1.29 is 9.53 Å². The van der Waals surface area contributed by atoms with Gasteiger partial charge in [-0.2, -0.15) is 0 Å². The van der Waals surface area contributed by atoms with Crippen molar-refractivity contribution in [2.24, 2.45) is 11.7 Å². The summed E-state index contributed by atoms with van der Waals surface area (Å²) in [6, 6.07) is -0.368. The minimum atomic E-state index is -0.368. The highest BCUT2D eigenvalue weighted by Gasteiger charge is 2.24. The Morgan fingerprint density at radius 3 is 2.93 bits per heavy atom. The molecular formula is C10H20N2O2. The molecule has 4 nitrogen and oxygen atoms in total. The molecule has 0 aromatic carbocycles. The van der Waals surface area contributed by atoms with Crippen LogP contribution in [0.1, 0.15) is 26.7 Å². The molecule has 1 fully saturated rings. The average molecular weight is 200 g/mol. The Kier molecular flexibility index (Phi) is 4.35. The Labute approximate surface area is 85.2 Å². The average Bonchev–Trinajstić information content (AvgIpc) is 2.59. The van der Waals surface area contributed by atoms with Crippen LogP contribution < -0.4 is 11.1 Å². The number of carbonyl (C=O) groups excluding carboxylic acids is 1. The molecule has 0 radical (unpaired) electrons. The molecule has 2 unspecified atom stereocenters. The number of carbonyl (C=O) groups is 1. The molecule has 3 atom stereocenters. The SMILES string of the molecule is CC[C@@H](N)C(=O)NCC1CCOC1C. The first kappa shape index (κ1) is 11.5. The zero-order valence-corrected chi connectivity index (χ0v) is 8.95. The van der Waals surface area contributed by atoms with Gasteiger partial charge in [0.25, 0.3) is 0 Å². The molecule has 1 rings (SSSR count). The van der Waals surface area contributed by atoms with Crippen molar-refractivity contribution >= 4 is 5.91 Å². The fraction of sp³-hybridized carbons (Fsp3) is 0.900. The Morgan fingerprint density at radius 1 is 1.71 bits per heavy atom. The highest BCUT2D eigenvalue weighted by atomic mass is 16.5. The van der Waals surface area contributed by atoms with Crippen LogP contribution in [-0.4, -0.2) is 31.2 Å². The van der Waals surface area contributed by atoms with Crippen LogP contribution in [0.2, 0.25) is 0 Å². The number of ether oxygens (including phenoxy) is 1. The predicted octanol–water partition coefficient (Wildman–Crippen LogP) is 0.265. The van der Waals surface area contributed by atoms with E-state index in [9.17, 15) is 4.79 Å². The molecule has 1 aliphatic rings. The van der Waals surface area contributed by atoms with Crippen LogP contribution in [0.4, 0.5) is 0 Å². The first-order valence-corrected chi connectivity index (χ1v) is 5.30. The van der Waals surface area contributed by atoms with E-state index in [-0.39, 0.29) is 18.1 Å². The molecular weight excluding hydrogens is 180 g/mol. The monoisotopic (exact) mass is 200 g/mol. The lowest BCUT2D eigenvalue weighted by atomic mass is 10.0. The second-order valence-corrected chi connectivity index (χ2v) is 3.88. The van der Waals surface area contributed by atoms with Gasteiger partial charge in [0, 0.05) is 19.1 Å². The van der Waals surface area contributed by atoms with Gasteiger partial charge in [0.15, 0.2) is 0 Å². The van der Waals surface area contributed by atoms with Gasteiger partial charge in [0.2, 0.25) is 5.91 Å². The van der Waals surface area contributed by atoms with Gasteiger partial charge in [-0.25, -0.2) is 0 Å². The van der Waals surface area contributed by atoms with Gasteiger partial charge >= 0.3 is 0 Å². The van der Waals surface area contributed by atoms with Gasteiger partial charge in [-0.05, 0) is 19.8 Å². The standard InChI is InChI=1S/C10H20N2O2/c1-3-9(11)10(13)12-6-8-4-5-14-7(8)2/h7-9H,3-6,11H2,1-2H3,(H,12,13)/t7?,8?,9-/m1/s1. The van der Waals surface area contributed by atoms with Gasteiger partial charge in [-0.3, -0.25) is 4.79 Å². The van der Waals surface area contributed by atoms with Crippen molar-refractivity contribution in [2.45, 2.75) is 38.8 Å². The van der Waals surface area contributed by atoms with Gasteiger partial charge in [-0.15, -0.1) is 0 Å². The molecule has 0 saturated carbocycles. The van der Waals surface area contributed by atoms with Gasteiger partial charge in [0.05, 0.1) is 12.1 Å². The molecule has 0 aromatic rings. The third kappa shape index (κ3) is 2.96. The summed E-state index contributed by atoms with van der Waals surface area (Å²) in [5.41, 5.74) is 5.59. The van der Waals surface area contributed by atoms with E-state index < -0.39 is 0 Å². The number of nitrogens with one attached hydrogen (secondary N) is 1. The number of amides is 1. The Bertz CT molecular complexity index is 197. The highest BCUT2D eigenvalue weighted by Crippen LogP contribution is 2.19. The summed E-state index contributed by atoms with van der Waals surface area (Å²) >= 11 is 0. The summed E-state index contributed by atoms with van der Waals surface area (Å²) in [6.45, 7) is 5.45. The Balaban J connectivity index is 2.22. The van der Waals surface area contributed by atoms with Crippen LogP contribution in [0, 0.1) is 5.92 Å². The lowest BCUT2D eigenvalue weighted by Gasteiger charge is -2.16. The van der Waals surface area contributed by atoms with Crippen LogP contribution in [-0.2, 0) is 9.53 Å². The smallest absolute Gasteiger partial charge is 0.236 e. The van der Waals surface area contributed by atoms with Crippen molar-refractivity contribution in [2.75, 3.05) is 13.2 Å². The highest BCUT2D eigenvalue weighted by molar-refractivity contribution is 5.81. The lowest BCUT2D eigenvalue weighted by molar-refractivity contribution is -0.122. The van der Waals surface area contributed by atoms with Crippen molar-refractivity contribution in [1.29, 1.82) is 0 Å². The quantitative estimate of drug-likeness (QED) is 0.684. The summed E-state index contributed by atoms with van der Waals surface area (Å²) in [5, 5.41) is 2.86. The number of nitrogens with two attached hydrogens (primary N) is 1. The predicted molar refractivity (Wildman–Crippen MR) is 54.8 cm³/mol. The summed E-state index contributed by atoms with van der Waals surface area (Å²) < 4.78 is 5.40. The zero-order valence-electron chi connectivity index (χ0n) is 8.95. The van der Waals surface area contributed by atoms with Crippen LogP contribution >= 0.6 is 0 Å². The molecule has 1 saturated heterocycles. The third-order valence-corrected chi connectivity index (χ3v) is 2.85. The van der Waals surface area contributed by atoms with E-state index in [1.165, 1.54) is 0 Å². The van der Waals surface area contributed by atoms with E-state index in [0.29, 0.717) is 18.9 Å². The lowest BCUT2D eigenvalue weighted by Crippen LogP contribution is -2.42. The van der Waals surface area contributed by atoms with E-state index >= 15 is 0 Å². The van der Waals surface area contributed by atoms with E-state index in [1.54, 1.807) is 0 Å². The molecule has 0 spiro atoms. The number of hydrogen-bond acceptors (Lipinski definition) is 3. The number of rotatable bonds is 4. The normalized spacial score (nSPS) is 28.8. The van der Waals surface area contributed by atoms with Crippen molar-refractivity contribution in [1.82, 2.24) is 5.32 Å². The first-order chi connectivity index (χ1) is 6.65. The topological polar surface area (TPSA) is 64.4 Å². The third-order valence-electron chi connectivity index (χ3n) is 2.85. The van der Waals surface area contributed by atoms with Gasteiger partial charge in [-0.1, -0.05) is 6.92 Å². The molecule has 1 amide bonds.